The molecule has 0 radical (unpaired) electrons. The monoisotopic (exact) mass is 563 g/mol. The summed E-state index contributed by atoms with van der Waals surface area (Å²) in [6.45, 7) is 12.8. The third-order valence-corrected chi connectivity index (χ3v) is 4.86. The molecule has 5 N–H and O–H groups in total. The number of carbonyl (C=O) groups is 3. The second-order valence-corrected chi connectivity index (χ2v) is 8.57. The second-order valence-electron chi connectivity index (χ2n) is 8.57. The van der Waals surface area contributed by atoms with Crippen molar-refractivity contribution < 1.29 is 39.5 Å². The summed E-state index contributed by atoms with van der Waals surface area (Å²) >= 11 is 0. The number of halogens is 2. The zero-order valence-corrected chi connectivity index (χ0v) is 23.9. The summed E-state index contributed by atoms with van der Waals surface area (Å²) < 4.78 is 16.0. The zero-order valence-electron chi connectivity index (χ0n) is 22.2. The van der Waals surface area contributed by atoms with E-state index < -0.39 is 29.4 Å². The van der Waals surface area contributed by atoms with E-state index in [9.17, 15) is 14.4 Å². The Morgan fingerprint density at radius 3 is 1.78 bits per heavy atom. The fourth-order valence-corrected chi connectivity index (χ4v) is 3.68. The zero-order chi connectivity index (χ0) is 24.8. The van der Waals surface area contributed by atoms with Gasteiger partial charge in [-0.2, -0.15) is 0 Å². The van der Waals surface area contributed by atoms with Crippen molar-refractivity contribution in [2.75, 3.05) is 13.2 Å². The topological polar surface area (TPSA) is 154 Å². The summed E-state index contributed by atoms with van der Waals surface area (Å²) in [6.07, 6.45) is 2.97. The molecule has 0 bridgehead atoms. The first-order valence-corrected chi connectivity index (χ1v) is 11.0. The van der Waals surface area contributed by atoms with Crippen LogP contribution in [0.4, 0.5) is 0 Å². The highest BCUT2D eigenvalue weighted by atomic mass is 35.5. The Labute approximate surface area is 230 Å². The molecule has 0 spiro atoms. The predicted octanol–water partition coefficient (Wildman–Crippen LogP) is 3.60. The average molecular weight is 565 g/mol. The highest BCUT2D eigenvalue weighted by molar-refractivity contribution is 6.00. The van der Waals surface area contributed by atoms with E-state index in [2.05, 4.69) is 5.32 Å². The van der Waals surface area contributed by atoms with Gasteiger partial charge in [0, 0.05) is 17.5 Å². The number of allylic oxidation sites excluding steroid dienone is 2. The van der Waals surface area contributed by atoms with Crippen LogP contribution in [0.2, 0.25) is 0 Å². The van der Waals surface area contributed by atoms with Gasteiger partial charge in [-0.25, -0.2) is 14.4 Å². The summed E-state index contributed by atoms with van der Waals surface area (Å²) in [6, 6.07) is 7.27. The summed E-state index contributed by atoms with van der Waals surface area (Å²) in [5, 5.41) is 3.12. The normalized spacial score (nSPS) is 13.3. The number of dihydropyridines is 1. The lowest BCUT2D eigenvalue weighted by atomic mass is 9.78. The lowest BCUT2D eigenvalue weighted by molar-refractivity contribution is -0.148. The minimum absolute atomic E-state index is 0. The smallest absolute Gasteiger partial charge is 0.336 e. The predicted molar refractivity (Wildman–Crippen MR) is 148 cm³/mol. The van der Waals surface area contributed by atoms with Gasteiger partial charge in [-0.3, -0.25) is 0 Å². The molecule has 1 heterocycles. The van der Waals surface area contributed by atoms with Gasteiger partial charge in [-0.15, -0.1) is 24.8 Å². The summed E-state index contributed by atoms with van der Waals surface area (Å²) in [4.78, 5) is 38.2. The lowest BCUT2D eigenvalue weighted by Crippen LogP contribution is -2.32. The molecule has 0 aliphatic carbocycles. The van der Waals surface area contributed by atoms with Gasteiger partial charge in [0.25, 0.3) is 0 Å². The summed E-state index contributed by atoms with van der Waals surface area (Å²) in [5.74, 6) is -2.26. The molecule has 0 amide bonds. The number of ether oxygens (including phenoxy) is 3. The van der Waals surface area contributed by atoms with E-state index >= 15 is 0 Å². The molecule has 2 rings (SSSR count). The molecular weight excluding hydrogens is 525 g/mol. The number of hydrogen-bond acceptors (Lipinski definition) is 7. The molecule has 1 aliphatic heterocycles. The Hall–Kier alpha value is -2.85. The van der Waals surface area contributed by atoms with Crippen molar-refractivity contribution in [1.29, 1.82) is 0 Å². The van der Waals surface area contributed by atoms with E-state index in [4.69, 9.17) is 14.2 Å². The number of hydrogen-bond donors (Lipinski definition) is 1. The fraction of sp³-hybridized carbons (Fsp3) is 0.423. The SMILES string of the molecule is CCOC(=O)C1=C(C)NC(C)=C(C(=O)OCC)C1c1ccccc1/C=C/C(=O)OC(C)(C)C.Cl.Cl.O.O. The van der Waals surface area contributed by atoms with Crippen molar-refractivity contribution in [3.63, 3.8) is 0 Å². The van der Waals surface area contributed by atoms with Crippen molar-refractivity contribution in [1.82, 2.24) is 5.32 Å². The van der Waals surface area contributed by atoms with Gasteiger partial charge in [0.2, 0.25) is 0 Å². The van der Waals surface area contributed by atoms with Gasteiger partial charge in [-0.05, 0) is 65.7 Å². The van der Waals surface area contributed by atoms with Gasteiger partial charge in [0.15, 0.2) is 0 Å². The van der Waals surface area contributed by atoms with E-state index in [-0.39, 0.29) is 49.0 Å². The fourth-order valence-electron chi connectivity index (χ4n) is 3.68. The third-order valence-electron chi connectivity index (χ3n) is 4.86. The number of nitrogens with one attached hydrogen (secondary N) is 1. The van der Waals surface area contributed by atoms with Crippen LogP contribution in [0.25, 0.3) is 6.08 Å². The van der Waals surface area contributed by atoms with Crippen LogP contribution in [0.1, 0.15) is 65.5 Å². The highest BCUT2D eigenvalue weighted by Crippen LogP contribution is 2.40. The Balaban J connectivity index is -0.00000289. The van der Waals surface area contributed by atoms with Crippen LogP contribution in [-0.4, -0.2) is 47.7 Å². The first-order valence-electron chi connectivity index (χ1n) is 11.0. The van der Waals surface area contributed by atoms with Crippen molar-refractivity contribution in [3.05, 3.63) is 64.0 Å². The summed E-state index contributed by atoms with van der Waals surface area (Å²) in [7, 11) is 0. The first kappa shape index (κ1) is 38.7. The molecule has 11 heteroatoms. The Morgan fingerprint density at radius 2 is 1.35 bits per heavy atom. The number of rotatable bonds is 7. The molecule has 1 aromatic rings. The number of esters is 3. The highest BCUT2D eigenvalue weighted by Gasteiger charge is 2.38. The maximum atomic E-state index is 13.0. The average Bonchev–Trinajstić information content (AvgIpc) is 2.71. The molecular formula is C26H39Cl2NO8. The summed E-state index contributed by atoms with van der Waals surface area (Å²) in [5.41, 5.74) is 2.55. The molecule has 0 saturated carbocycles. The molecule has 1 aromatic carbocycles. The lowest BCUT2D eigenvalue weighted by Gasteiger charge is -2.31. The standard InChI is InChI=1S/C26H33NO6.2ClH.2H2O/c1-8-31-24(29)21-16(3)27-17(4)22(25(30)32-9-2)23(21)19-13-11-10-12-18(19)14-15-20(28)33-26(5,6)7;;;;/h10-15,23,27H,8-9H2,1-7H3;2*1H;2*1H2/b15-14+;;;;. The quantitative estimate of drug-likeness (QED) is 0.302. The van der Waals surface area contributed by atoms with Gasteiger partial charge in [-0.1, -0.05) is 24.3 Å². The van der Waals surface area contributed by atoms with Crippen LogP contribution in [-0.2, 0) is 28.6 Å². The molecule has 210 valence electrons. The number of carbonyl (C=O) groups excluding carboxylic acids is 3. The van der Waals surface area contributed by atoms with Crippen LogP contribution in [0.5, 0.6) is 0 Å². The minimum atomic E-state index is -0.733. The third kappa shape index (κ3) is 10.2. The molecule has 0 fully saturated rings. The molecule has 9 nitrogen and oxygen atoms in total. The molecule has 0 aromatic heterocycles. The maximum Gasteiger partial charge on any atom is 0.336 e. The molecule has 0 saturated heterocycles. The van der Waals surface area contributed by atoms with E-state index in [1.807, 2.05) is 24.3 Å². The van der Waals surface area contributed by atoms with Crippen LogP contribution in [0, 0.1) is 0 Å². The van der Waals surface area contributed by atoms with Gasteiger partial charge >= 0.3 is 17.9 Å². The van der Waals surface area contributed by atoms with Crippen LogP contribution in [0.15, 0.2) is 52.9 Å². The largest absolute Gasteiger partial charge is 0.463 e. The molecule has 1 aliphatic rings. The molecule has 37 heavy (non-hydrogen) atoms. The van der Waals surface area contributed by atoms with E-state index in [0.29, 0.717) is 33.7 Å². The Kier molecular flexibility index (Phi) is 17.6. The molecule has 0 atom stereocenters. The van der Waals surface area contributed by atoms with Gasteiger partial charge in [0.05, 0.1) is 30.3 Å². The number of benzene rings is 1. The van der Waals surface area contributed by atoms with Crippen LogP contribution < -0.4 is 5.32 Å². The van der Waals surface area contributed by atoms with Crippen molar-refractivity contribution in [2.24, 2.45) is 0 Å². The second kappa shape index (κ2) is 16.8. The van der Waals surface area contributed by atoms with Crippen LogP contribution in [0.3, 0.4) is 0 Å². The van der Waals surface area contributed by atoms with Gasteiger partial charge in [0.1, 0.15) is 5.60 Å². The van der Waals surface area contributed by atoms with Gasteiger partial charge < -0.3 is 30.5 Å². The van der Waals surface area contributed by atoms with Crippen molar-refractivity contribution >= 4 is 48.8 Å². The van der Waals surface area contributed by atoms with Crippen molar-refractivity contribution in [3.8, 4) is 0 Å². The first-order chi connectivity index (χ1) is 15.5. The van der Waals surface area contributed by atoms with Crippen LogP contribution >= 0.6 is 24.8 Å². The Morgan fingerprint density at radius 1 is 0.892 bits per heavy atom. The maximum absolute atomic E-state index is 13.0. The minimum Gasteiger partial charge on any atom is -0.463 e. The van der Waals surface area contributed by atoms with E-state index in [1.54, 1.807) is 54.5 Å². The van der Waals surface area contributed by atoms with E-state index in [0.717, 1.165) is 0 Å². The Bertz CT molecular complexity index is 986. The van der Waals surface area contributed by atoms with E-state index in [1.165, 1.54) is 6.08 Å². The van der Waals surface area contributed by atoms with Crippen molar-refractivity contribution in [2.45, 2.75) is 60.0 Å². The molecule has 0 unspecified atom stereocenters.